The smallest absolute Gasteiger partial charge is 0.213 e. The summed E-state index contributed by atoms with van der Waals surface area (Å²) in [6.45, 7) is 7.03. The Balaban J connectivity index is 1.23. The number of fused-ring (bicyclic) bond motifs is 7. The molecule has 0 spiro atoms. The predicted molar refractivity (Wildman–Crippen MR) is 225 cm³/mol. The molecule has 0 saturated carbocycles. The van der Waals surface area contributed by atoms with Gasteiger partial charge >= 0.3 is 0 Å². The molecule has 1 aromatic heterocycles. The van der Waals surface area contributed by atoms with Crippen molar-refractivity contribution >= 4 is 71.5 Å². The fraction of sp³-hybridized carbons (Fsp3) is 0.100. The van der Waals surface area contributed by atoms with Crippen LogP contribution in [0.25, 0.3) is 76.6 Å². The second kappa shape index (κ2) is 11.0. The number of benzene rings is 8. The second-order valence-corrected chi connectivity index (χ2v) is 15.3. The van der Waals surface area contributed by atoms with Crippen LogP contribution in [0.4, 0.5) is 0 Å². The van der Waals surface area contributed by atoms with Crippen LogP contribution in [0.2, 0.25) is 0 Å². The van der Waals surface area contributed by atoms with E-state index in [9.17, 15) is 0 Å². The Bertz CT molecular complexity index is 3050. The number of nitrogens with one attached hydrogen (secondary N) is 1. The molecule has 0 unspecified atom stereocenters. The average molecular weight is 680 g/mol. The van der Waals surface area contributed by atoms with Gasteiger partial charge in [-0.1, -0.05) is 141 Å². The maximum Gasteiger partial charge on any atom is 0.213 e. The summed E-state index contributed by atoms with van der Waals surface area (Å²) < 4.78 is 2.37. The van der Waals surface area contributed by atoms with E-state index in [-0.39, 0.29) is 5.41 Å². The SMILES string of the molecule is CC1=C(c2ccccc2)NC(n2c3ccccc3c3cc4c(cc32)-c2c(cc3ccc5cccc6ccc2c3c56)C4(C)C)=N/C(c2ccccc2)=C/C1. The fourth-order valence-electron chi connectivity index (χ4n) is 9.28. The van der Waals surface area contributed by atoms with Gasteiger partial charge < -0.3 is 5.32 Å². The van der Waals surface area contributed by atoms with Crippen LogP contribution in [-0.4, -0.2) is 10.5 Å². The van der Waals surface area contributed by atoms with E-state index < -0.39 is 0 Å². The lowest BCUT2D eigenvalue weighted by atomic mass is 9.80. The Kier molecular flexibility index (Phi) is 6.28. The summed E-state index contributed by atoms with van der Waals surface area (Å²) >= 11 is 0. The first-order valence-corrected chi connectivity index (χ1v) is 18.6. The molecule has 0 amide bonds. The number of hydrogen-bond acceptors (Lipinski definition) is 2. The molecule has 9 aromatic rings. The summed E-state index contributed by atoms with van der Waals surface area (Å²) in [5, 5.41) is 14.3. The van der Waals surface area contributed by atoms with Crippen LogP contribution < -0.4 is 5.32 Å². The van der Waals surface area contributed by atoms with E-state index in [4.69, 9.17) is 4.99 Å². The highest BCUT2D eigenvalue weighted by Gasteiger charge is 2.38. The molecule has 2 heterocycles. The zero-order chi connectivity index (χ0) is 35.4. The van der Waals surface area contributed by atoms with Gasteiger partial charge in [0, 0.05) is 21.9 Å². The lowest BCUT2D eigenvalue weighted by Gasteiger charge is -2.23. The minimum absolute atomic E-state index is 0.175. The second-order valence-electron chi connectivity index (χ2n) is 15.3. The molecule has 8 aromatic carbocycles. The van der Waals surface area contributed by atoms with Crippen molar-refractivity contribution in [3.05, 3.63) is 179 Å². The van der Waals surface area contributed by atoms with Crippen LogP contribution in [0.3, 0.4) is 0 Å². The lowest BCUT2D eigenvalue weighted by Crippen LogP contribution is -2.30. The number of aliphatic imine (C=N–C) groups is 1. The molecule has 1 aliphatic carbocycles. The van der Waals surface area contributed by atoms with Crippen molar-refractivity contribution in [1.29, 1.82) is 0 Å². The zero-order valence-electron chi connectivity index (χ0n) is 30.0. The quantitative estimate of drug-likeness (QED) is 0.181. The normalized spacial score (nSPS) is 16.4. The summed E-state index contributed by atoms with van der Waals surface area (Å²) in [7, 11) is 0. The summed E-state index contributed by atoms with van der Waals surface area (Å²) in [6, 6.07) is 53.4. The summed E-state index contributed by atoms with van der Waals surface area (Å²) in [5.41, 5.74) is 13.1. The number of rotatable bonds is 2. The van der Waals surface area contributed by atoms with E-state index >= 15 is 0 Å². The molecule has 0 saturated heterocycles. The standard InChI is InChI=1S/C50H37N3/c1-30-21-26-42(31-13-6-4-7-14-31)51-49(52-48(30)34-15-8-5-9-16-34)53-43-20-11-10-19-36(43)38-28-40-39(29-44(38)53)47-37-25-24-33-18-12-17-32-22-23-35(46(37)45(32)33)27-41(47)50(40,2)3/h4-20,22-29H,21H2,1-3H3,(H,51,52)/b42-26+,48-30?. The summed E-state index contributed by atoms with van der Waals surface area (Å²) in [5.74, 6) is 0.789. The van der Waals surface area contributed by atoms with E-state index in [1.165, 1.54) is 70.9 Å². The largest absolute Gasteiger partial charge is 0.325 e. The highest BCUT2D eigenvalue weighted by atomic mass is 15.2. The van der Waals surface area contributed by atoms with Gasteiger partial charge in [0.05, 0.1) is 16.7 Å². The zero-order valence-corrected chi connectivity index (χ0v) is 30.0. The third kappa shape index (κ3) is 4.31. The number of para-hydroxylation sites is 1. The van der Waals surface area contributed by atoms with E-state index in [0.717, 1.165) is 45.9 Å². The van der Waals surface area contributed by atoms with Gasteiger partial charge in [-0.2, -0.15) is 0 Å². The summed E-state index contributed by atoms with van der Waals surface area (Å²) in [6.07, 6.45) is 3.07. The van der Waals surface area contributed by atoms with Crippen molar-refractivity contribution in [3.8, 4) is 11.1 Å². The molecule has 53 heavy (non-hydrogen) atoms. The number of nitrogens with zero attached hydrogens (tertiary/aromatic N) is 2. The molecule has 2 aliphatic rings. The Morgan fingerprint density at radius 2 is 1.28 bits per heavy atom. The molecule has 1 N–H and O–H groups in total. The van der Waals surface area contributed by atoms with Crippen LogP contribution in [0.1, 0.15) is 49.4 Å². The number of allylic oxidation sites excluding steroid dienone is 2. The van der Waals surface area contributed by atoms with E-state index in [2.05, 4.69) is 182 Å². The van der Waals surface area contributed by atoms with E-state index in [0.29, 0.717) is 0 Å². The van der Waals surface area contributed by atoms with Crippen LogP contribution in [0.15, 0.2) is 162 Å². The molecular formula is C50H37N3. The van der Waals surface area contributed by atoms with Crippen LogP contribution in [0.5, 0.6) is 0 Å². The Morgan fingerprint density at radius 1 is 0.585 bits per heavy atom. The molecule has 11 rings (SSSR count). The van der Waals surface area contributed by atoms with Crippen LogP contribution >= 0.6 is 0 Å². The van der Waals surface area contributed by atoms with Gasteiger partial charge in [-0.15, -0.1) is 0 Å². The lowest BCUT2D eigenvalue weighted by molar-refractivity contribution is 0.662. The highest BCUT2D eigenvalue weighted by molar-refractivity contribution is 6.27. The van der Waals surface area contributed by atoms with Crippen molar-refractivity contribution < 1.29 is 0 Å². The van der Waals surface area contributed by atoms with Gasteiger partial charge in [-0.25, -0.2) is 4.99 Å². The minimum Gasteiger partial charge on any atom is -0.325 e. The monoisotopic (exact) mass is 679 g/mol. The predicted octanol–water partition coefficient (Wildman–Crippen LogP) is 12.7. The maximum absolute atomic E-state index is 5.53. The van der Waals surface area contributed by atoms with Crippen LogP contribution in [-0.2, 0) is 5.41 Å². The van der Waals surface area contributed by atoms with E-state index in [1.54, 1.807) is 0 Å². The van der Waals surface area contributed by atoms with Gasteiger partial charge in [0.15, 0.2) is 0 Å². The molecule has 252 valence electrons. The van der Waals surface area contributed by atoms with E-state index in [1.807, 2.05) is 0 Å². The maximum atomic E-state index is 5.53. The Labute approximate surface area is 308 Å². The third-order valence-corrected chi connectivity index (χ3v) is 11.9. The number of aromatic nitrogens is 1. The van der Waals surface area contributed by atoms with Crippen LogP contribution in [0, 0.1) is 0 Å². The fourth-order valence-corrected chi connectivity index (χ4v) is 9.28. The van der Waals surface area contributed by atoms with Crippen molar-refractivity contribution in [2.45, 2.75) is 32.6 Å². The number of hydrogen-bond donors (Lipinski definition) is 1. The molecule has 3 nitrogen and oxygen atoms in total. The Hall–Kier alpha value is -6.45. The molecular weight excluding hydrogens is 643 g/mol. The van der Waals surface area contributed by atoms with Gasteiger partial charge in [0.2, 0.25) is 5.96 Å². The molecule has 1 aliphatic heterocycles. The topological polar surface area (TPSA) is 29.3 Å². The average Bonchev–Trinajstić information content (AvgIpc) is 3.63. The molecule has 3 heteroatoms. The van der Waals surface area contributed by atoms with Gasteiger partial charge in [-0.3, -0.25) is 4.57 Å². The van der Waals surface area contributed by atoms with Gasteiger partial charge in [0.1, 0.15) is 0 Å². The molecule has 0 radical (unpaired) electrons. The van der Waals surface area contributed by atoms with Crippen molar-refractivity contribution in [1.82, 2.24) is 9.88 Å². The van der Waals surface area contributed by atoms with Crippen molar-refractivity contribution in [3.63, 3.8) is 0 Å². The van der Waals surface area contributed by atoms with Crippen molar-refractivity contribution in [2.75, 3.05) is 0 Å². The molecule has 0 fully saturated rings. The third-order valence-electron chi connectivity index (χ3n) is 11.9. The summed E-state index contributed by atoms with van der Waals surface area (Å²) in [4.78, 5) is 5.53. The van der Waals surface area contributed by atoms with Crippen molar-refractivity contribution in [2.24, 2.45) is 4.99 Å². The minimum atomic E-state index is -0.175. The first-order chi connectivity index (χ1) is 26.0. The first kappa shape index (κ1) is 30.2. The first-order valence-electron chi connectivity index (χ1n) is 18.6. The van der Waals surface area contributed by atoms with Gasteiger partial charge in [0.25, 0.3) is 0 Å². The highest BCUT2D eigenvalue weighted by Crippen LogP contribution is 2.55. The Morgan fingerprint density at radius 3 is 2.08 bits per heavy atom. The van der Waals surface area contributed by atoms with Gasteiger partial charge in [-0.05, 0) is 109 Å². The molecule has 0 bridgehead atoms. The molecule has 0 atom stereocenters.